The van der Waals surface area contributed by atoms with E-state index < -0.39 is 7.82 Å². The van der Waals surface area contributed by atoms with E-state index in [4.69, 9.17) is 4.89 Å². The van der Waals surface area contributed by atoms with Crippen LogP contribution in [0.5, 0.6) is 0 Å². The zero-order chi connectivity index (χ0) is 7.33. The average Bonchev–Trinajstić information content (AvgIpc) is 1.84. The molecule has 0 aromatic carbocycles. The molecule has 0 saturated carbocycles. The normalized spacial score (nSPS) is 17.2. The first-order valence-electron chi connectivity index (χ1n) is 2.40. The van der Waals surface area contributed by atoms with Crippen molar-refractivity contribution in [1.29, 1.82) is 0 Å². The van der Waals surface area contributed by atoms with Crippen LogP contribution in [0.3, 0.4) is 0 Å². The third kappa shape index (κ3) is 5.29. The predicted octanol–water partition coefficient (Wildman–Crippen LogP) is 1.88. The molecule has 0 fully saturated rings. The Bertz CT molecular complexity index is 116. The Balaban J connectivity index is 3.46. The molecule has 1 N–H and O–H groups in total. The molecule has 1 atom stereocenters. The van der Waals surface area contributed by atoms with Crippen LogP contribution in [0.15, 0.2) is 0 Å². The summed E-state index contributed by atoms with van der Waals surface area (Å²) >= 11 is 1.33. The number of hydrogen-bond acceptors (Lipinski definition) is 3. The molecule has 0 spiro atoms. The molecule has 0 amide bonds. The molecule has 1 unspecified atom stereocenters. The van der Waals surface area contributed by atoms with Crippen molar-refractivity contribution in [3.63, 3.8) is 0 Å². The van der Waals surface area contributed by atoms with Crippen molar-refractivity contribution in [3.8, 4) is 0 Å². The average molecular weight is 266 g/mol. The van der Waals surface area contributed by atoms with E-state index in [0.29, 0.717) is 6.42 Å². The van der Waals surface area contributed by atoms with Crippen molar-refractivity contribution in [2.24, 2.45) is 0 Å². The van der Waals surface area contributed by atoms with E-state index >= 15 is 0 Å². The first kappa shape index (κ1) is 9.84. The van der Waals surface area contributed by atoms with E-state index in [-0.39, 0.29) is 6.61 Å². The fraction of sp³-hybridized carbons (Fsp3) is 1.00. The van der Waals surface area contributed by atoms with Gasteiger partial charge in [-0.05, 0) is 6.42 Å². The minimum Gasteiger partial charge on any atom is -0.302 e. The lowest BCUT2D eigenvalue weighted by Gasteiger charge is -2.04. The van der Waals surface area contributed by atoms with Crippen LogP contribution < -0.4 is 0 Å². The first-order chi connectivity index (χ1) is 4.12. The van der Waals surface area contributed by atoms with Gasteiger partial charge in [0.25, 0.3) is 0 Å². The summed E-state index contributed by atoms with van der Waals surface area (Å²) in [6.07, 6.45) is 0.699. The van der Waals surface area contributed by atoms with Crippen LogP contribution in [0.4, 0.5) is 0 Å². The lowest BCUT2D eigenvalue weighted by Crippen LogP contribution is -1.89. The summed E-state index contributed by atoms with van der Waals surface area (Å²) in [4.78, 5) is 8.56. The molecule has 4 nitrogen and oxygen atoms in total. The Morgan fingerprint density at radius 3 is 2.67 bits per heavy atom. The summed E-state index contributed by atoms with van der Waals surface area (Å²) in [7, 11) is -3.70. The summed E-state index contributed by atoms with van der Waals surface area (Å²) in [5.74, 6) is 0. The summed E-state index contributed by atoms with van der Waals surface area (Å²) in [5, 5.41) is 0. The van der Waals surface area contributed by atoms with Crippen molar-refractivity contribution < 1.29 is 16.8 Å². The van der Waals surface area contributed by atoms with Crippen molar-refractivity contribution in [1.82, 2.24) is 0 Å². The second-order valence-corrected chi connectivity index (χ2v) is 3.89. The topological polar surface area (TPSA) is 55.8 Å². The maximum absolute atomic E-state index is 10.4. The third-order valence-electron chi connectivity index (χ3n) is 0.546. The van der Waals surface area contributed by atoms with E-state index in [1.165, 1.54) is 23.0 Å². The fourth-order valence-corrected chi connectivity index (χ4v) is 1.02. The van der Waals surface area contributed by atoms with E-state index in [1.807, 2.05) is 6.92 Å². The fourth-order valence-electron chi connectivity index (χ4n) is 0.227. The molecule has 0 aliphatic heterocycles. The highest BCUT2D eigenvalue weighted by molar-refractivity contribution is 14.1. The van der Waals surface area contributed by atoms with Gasteiger partial charge in [0.15, 0.2) is 0 Å². The Morgan fingerprint density at radius 1 is 1.78 bits per heavy atom. The van der Waals surface area contributed by atoms with Crippen molar-refractivity contribution >= 4 is 30.8 Å². The molecule has 0 aliphatic carbocycles. The molecule has 0 aromatic rings. The second-order valence-electron chi connectivity index (χ2n) is 1.37. The molecular formula is C3H8IO4P. The van der Waals surface area contributed by atoms with E-state index in [2.05, 4.69) is 7.38 Å². The van der Waals surface area contributed by atoms with Gasteiger partial charge >= 0.3 is 7.82 Å². The van der Waals surface area contributed by atoms with E-state index in [0.717, 1.165) is 0 Å². The zero-order valence-corrected chi connectivity index (χ0v) is 7.96. The summed E-state index contributed by atoms with van der Waals surface area (Å²) < 4.78 is 19.0. The van der Waals surface area contributed by atoms with Gasteiger partial charge in [0.1, 0.15) is 23.0 Å². The molecular weight excluding hydrogens is 258 g/mol. The predicted molar refractivity (Wildman–Crippen MR) is 41.2 cm³/mol. The molecule has 0 saturated heterocycles. The van der Waals surface area contributed by atoms with Gasteiger partial charge < -0.3 is 4.89 Å². The quantitative estimate of drug-likeness (QED) is 0.623. The van der Waals surface area contributed by atoms with Crippen molar-refractivity contribution in [2.75, 3.05) is 6.61 Å². The Kier molecular flexibility index (Phi) is 5.06. The molecule has 0 bridgehead atoms. The van der Waals surface area contributed by atoms with Crippen LogP contribution in [0, 0.1) is 0 Å². The second kappa shape index (κ2) is 4.62. The largest absolute Gasteiger partial charge is 0.481 e. The molecule has 56 valence electrons. The van der Waals surface area contributed by atoms with Gasteiger partial charge in [-0.2, -0.15) is 0 Å². The van der Waals surface area contributed by atoms with Crippen LogP contribution in [0.2, 0.25) is 0 Å². The number of halogens is 1. The van der Waals surface area contributed by atoms with Crippen molar-refractivity contribution in [3.05, 3.63) is 0 Å². The number of rotatable bonds is 4. The number of phosphoric ester groups is 1. The zero-order valence-electron chi connectivity index (χ0n) is 4.91. The van der Waals surface area contributed by atoms with Gasteiger partial charge in [0.05, 0.1) is 6.61 Å². The van der Waals surface area contributed by atoms with Gasteiger partial charge in [-0.25, -0.2) is 7.42 Å². The molecule has 9 heavy (non-hydrogen) atoms. The number of hydrogen-bond donors (Lipinski definition) is 1. The minimum absolute atomic E-state index is 0.247. The smallest absolute Gasteiger partial charge is 0.302 e. The first-order valence-corrected chi connectivity index (χ1v) is 4.77. The monoisotopic (exact) mass is 266 g/mol. The Labute approximate surface area is 67.9 Å². The molecule has 0 rings (SSSR count). The lowest BCUT2D eigenvalue weighted by molar-refractivity contribution is 0.219. The standard InChI is InChI=1S/C3H8IO4P/c1-2-3-7-9(5,6)8-4/h2-3H2,1H3,(H,5,6). The summed E-state index contributed by atoms with van der Waals surface area (Å²) in [6.45, 7) is 2.09. The van der Waals surface area contributed by atoms with Crippen LogP contribution >= 0.6 is 30.8 Å². The van der Waals surface area contributed by atoms with Gasteiger partial charge in [-0.1, -0.05) is 6.92 Å². The van der Waals surface area contributed by atoms with Crippen molar-refractivity contribution in [2.45, 2.75) is 13.3 Å². The highest BCUT2D eigenvalue weighted by Crippen LogP contribution is 2.45. The summed E-state index contributed by atoms with van der Waals surface area (Å²) in [6, 6.07) is 0. The third-order valence-corrected chi connectivity index (χ3v) is 2.72. The number of phosphoric acid groups is 1. The molecule has 0 heterocycles. The Hall–Kier alpha value is 0.840. The molecule has 0 aromatic heterocycles. The maximum atomic E-state index is 10.4. The van der Waals surface area contributed by atoms with Gasteiger partial charge in [0.2, 0.25) is 0 Å². The van der Waals surface area contributed by atoms with E-state index in [1.54, 1.807) is 0 Å². The maximum Gasteiger partial charge on any atom is 0.481 e. The SMILES string of the molecule is CCCOP(=O)(O)OI. The highest BCUT2D eigenvalue weighted by Gasteiger charge is 2.18. The molecule has 6 heteroatoms. The van der Waals surface area contributed by atoms with Gasteiger partial charge in [-0.3, -0.25) is 4.52 Å². The van der Waals surface area contributed by atoms with Crippen LogP contribution in [-0.2, 0) is 11.9 Å². The molecule has 0 aliphatic rings. The van der Waals surface area contributed by atoms with Crippen LogP contribution in [-0.4, -0.2) is 11.5 Å². The molecule has 0 radical (unpaired) electrons. The summed E-state index contributed by atoms with van der Waals surface area (Å²) in [5.41, 5.74) is 0. The van der Waals surface area contributed by atoms with Gasteiger partial charge in [0, 0.05) is 0 Å². The minimum atomic E-state index is -3.70. The van der Waals surface area contributed by atoms with Gasteiger partial charge in [-0.15, -0.1) is 0 Å². The Morgan fingerprint density at radius 2 is 2.33 bits per heavy atom. The highest BCUT2D eigenvalue weighted by atomic mass is 127. The van der Waals surface area contributed by atoms with Crippen LogP contribution in [0.25, 0.3) is 0 Å². The lowest BCUT2D eigenvalue weighted by atomic mass is 10.5. The van der Waals surface area contributed by atoms with E-state index in [9.17, 15) is 4.57 Å². The van der Waals surface area contributed by atoms with Crippen LogP contribution in [0.1, 0.15) is 13.3 Å².